The number of aryl methyl sites for hydroxylation is 1. The van der Waals surface area contributed by atoms with Gasteiger partial charge in [-0.1, -0.05) is 6.92 Å². The summed E-state index contributed by atoms with van der Waals surface area (Å²) in [5.74, 6) is -0.496. The predicted octanol–water partition coefficient (Wildman–Crippen LogP) is 2.86. The van der Waals surface area contributed by atoms with Gasteiger partial charge in [0.15, 0.2) is 0 Å². The number of carbonyl (C=O) groups excluding carboxylic acids is 1. The van der Waals surface area contributed by atoms with Crippen molar-refractivity contribution in [2.75, 3.05) is 0 Å². The summed E-state index contributed by atoms with van der Waals surface area (Å²) in [7, 11) is 0. The summed E-state index contributed by atoms with van der Waals surface area (Å²) >= 11 is 0. The third kappa shape index (κ3) is 3.62. The molecule has 5 nitrogen and oxygen atoms in total. The van der Waals surface area contributed by atoms with Crippen molar-refractivity contribution in [2.24, 2.45) is 0 Å². The van der Waals surface area contributed by atoms with Crippen molar-refractivity contribution in [3.05, 3.63) is 47.5 Å². The maximum absolute atomic E-state index is 12.4. The number of nitrogens with zero attached hydrogens (tertiary/aromatic N) is 3. The van der Waals surface area contributed by atoms with Crippen LogP contribution in [0.5, 0.6) is 0 Å². The summed E-state index contributed by atoms with van der Waals surface area (Å²) in [4.78, 5) is 16.3. The quantitative estimate of drug-likeness (QED) is 0.922. The lowest BCUT2D eigenvalue weighted by molar-refractivity contribution is 0.0559. The number of aromatic nitrogens is 3. The second kappa shape index (κ2) is 6.43. The van der Waals surface area contributed by atoms with Crippen LogP contribution < -0.4 is 5.32 Å². The number of rotatable bonds is 5. The highest BCUT2D eigenvalue weighted by atomic mass is 19.3. The molecule has 1 amide bonds. The topological polar surface area (TPSA) is 59.8 Å². The number of carbonyl (C=O) groups is 1. The molecule has 2 aromatic rings. The van der Waals surface area contributed by atoms with E-state index in [4.69, 9.17) is 0 Å². The number of alkyl halides is 2. The Bertz CT molecular complexity index is 627. The van der Waals surface area contributed by atoms with Crippen LogP contribution in [0.1, 0.15) is 47.7 Å². The van der Waals surface area contributed by atoms with Gasteiger partial charge in [0.05, 0.1) is 11.7 Å². The van der Waals surface area contributed by atoms with Crippen molar-refractivity contribution in [1.29, 1.82) is 0 Å². The zero-order chi connectivity index (χ0) is 15.4. The van der Waals surface area contributed by atoms with E-state index in [2.05, 4.69) is 15.4 Å². The van der Waals surface area contributed by atoms with E-state index in [0.29, 0.717) is 11.1 Å². The highest BCUT2D eigenvalue weighted by molar-refractivity contribution is 5.92. The average molecular weight is 294 g/mol. The van der Waals surface area contributed by atoms with Crippen LogP contribution >= 0.6 is 0 Å². The van der Waals surface area contributed by atoms with Gasteiger partial charge >= 0.3 is 6.55 Å². The van der Waals surface area contributed by atoms with Crippen LogP contribution in [-0.4, -0.2) is 20.7 Å². The average Bonchev–Trinajstić information content (AvgIpc) is 2.94. The predicted molar refractivity (Wildman–Crippen MR) is 73.0 cm³/mol. The van der Waals surface area contributed by atoms with E-state index in [1.807, 2.05) is 26.0 Å². The number of amides is 1. The van der Waals surface area contributed by atoms with E-state index in [9.17, 15) is 13.6 Å². The smallest absolute Gasteiger partial charge is 0.333 e. The Morgan fingerprint density at radius 1 is 1.43 bits per heavy atom. The van der Waals surface area contributed by atoms with Crippen LogP contribution in [-0.2, 0) is 0 Å². The maximum atomic E-state index is 12.4. The molecule has 0 aliphatic heterocycles. The van der Waals surface area contributed by atoms with Crippen molar-refractivity contribution in [1.82, 2.24) is 20.1 Å². The fraction of sp³-hybridized carbons (Fsp3) is 0.357. The minimum absolute atomic E-state index is 0.0404. The molecule has 0 spiro atoms. The van der Waals surface area contributed by atoms with Crippen molar-refractivity contribution < 1.29 is 13.6 Å². The van der Waals surface area contributed by atoms with Crippen molar-refractivity contribution in [3.8, 4) is 0 Å². The zero-order valence-corrected chi connectivity index (χ0v) is 11.8. The van der Waals surface area contributed by atoms with Crippen molar-refractivity contribution in [3.63, 3.8) is 0 Å². The first kappa shape index (κ1) is 15.1. The zero-order valence-electron chi connectivity index (χ0n) is 11.8. The summed E-state index contributed by atoms with van der Waals surface area (Å²) in [6.07, 6.45) is 3.38. The van der Waals surface area contributed by atoms with E-state index in [1.165, 1.54) is 6.07 Å². The first-order valence-corrected chi connectivity index (χ1v) is 6.58. The Labute approximate surface area is 121 Å². The first-order chi connectivity index (χ1) is 10.0. The SMILES string of the molecule is CCC(NC(=O)c1ccn(C(F)F)n1)c1cc(C)ccn1. The Morgan fingerprint density at radius 2 is 2.19 bits per heavy atom. The van der Waals surface area contributed by atoms with Crippen LogP contribution in [0, 0.1) is 6.92 Å². The normalized spacial score (nSPS) is 12.4. The Kier molecular flexibility index (Phi) is 4.62. The van der Waals surface area contributed by atoms with Gasteiger partial charge in [0.25, 0.3) is 5.91 Å². The second-order valence-electron chi connectivity index (χ2n) is 4.65. The molecule has 2 heterocycles. The minimum Gasteiger partial charge on any atom is -0.342 e. The Hall–Kier alpha value is -2.31. The van der Waals surface area contributed by atoms with Gasteiger partial charge in [-0.25, -0.2) is 4.68 Å². The molecule has 1 N–H and O–H groups in total. The van der Waals surface area contributed by atoms with E-state index >= 15 is 0 Å². The highest BCUT2D eigenvalue weighted by Crippen LogP contribution is 2.16. The highest BCUT2D eigenvalue weighted by Gasteiger charge is 2.18. The lowest BCUT2D eigenvalue weighted by Gasteiger charge is -2.16. The van der Waals surface area contributed by atoms with Gasteiger partial charge < -0.3 is 5.32 Å². The number of pyridine rings is 1. The molecule has 1 unspecified atom stereocenters. The van der Waals surface area contributed by atoms with Crippen molar-refractivity contribution >= 4 is 5.91 Å². The van der Waals surface area contributed by atoms with E-state index in [0.717, 1.165) is 17.5 Å². The van der Waals surface area contributed by atoms with Gasteiger partial charge in [0.2, 0.25) is 0 Å². The summed E-state index contributed by atoms with van der Waals surface area (Å²) in [6, 6.07) is 4.72. The molecule has 0 saturated carbocycles. The van der Waals surface area contributed by atoms with Gasteiger partial charge in [-0.15, -0.1) is 0 Å². The molecule has 0 radical (unpaired) electrons. The van der Waals surface area contributed by atoms with Gasteiger partial charge in [-0.2, -0.15) is 13.9 Å². The summed E-state index contributed by atoms with van der Waals surface area (Å²) in [5, 5.41) is 6.30. The Balaban J connectivity index is 2.12. The molecular formula is C14H16F2N4O. The first-order valence-electron chi connectivity index (χ1n) is 6.58. The number of hydrogen-bond acceptors (Lipinski definition) is 3. The molecule has 2 aromatic heterocycles. The van der Waals surface area contributed by atoms with Crippen LogP contribution in [0.2, 0.25) is 0 Å². The van der Waals surface area contributed by atoms with Crippen LogP contribution in [0.3, 0.4) is 0 Å². The largest absolute Gasteiger partial charge is 0.342 e. The third-order valence-electron chi connectivity index (χ3n) is 3.05. The summed E-state index contributed by atoms with van der Waals surface area (Å²) < 4.78 is 25.3. The van der Waals surface area contributed by atoms with Gasteiger partial charge in [-0.05, 0) is 37.1 Å². The lowest BCUT2D eigenvalue weighted by atomic mass is 10.1. The molecule has 0 saturated heterocycles. The monoisotopic (exact) mass is 294 g/mol. The molecule has 2 rings (SSSR count). The number of halogens is 2. The van der Waals surface area contributed by atoms with Gasteiger partial charge in [-0.3, -0.25) is 9.78 Å². The standard InChI is InChI=1S/C14H16F2N4O/c1-3-10(12-8-9(2)4-6-17-12)18-13(21)11-5-7-20(19-11)14(15)16/h4-8,10,14H,3H2,1-2H3,(H,18,21). The molecule has 0 aromatic carbocycles. The molecule has 0 aliphatic carbocycles. The second-order valence-corrected chi connectivity index (χ2v) is 4.65. The molecular weight excluding hydrogens is 278 g/mol. The minimum atomic E-state index is -2.76. The molecule has 1 atom stereocenters. The van der Waals surface area contributed by atoms with Gasteiger partial charge in [0.1, 0.15) is 5.69 Å². The molecule has 0 fully saturated rings. The van der Waals surface area contributed by atoms with E-state index in [1.54, 1.807) is 6.20 Å². The van der Waals surface area contributed by atoms with Gasteiger partial charge in [0, 0.05) is 12.4 Å². The van der Waals surface area contributed by atoms with Crippen molar-refractivity contribution in [2.45, 2.75) is 32.9 Å². The molecule has 112 valence electrons. The van der Waals surface area contributed by atoms with E-state index < -0.39 is 12.5 Å². The molecule has 0 bridgehead atoms. The summed E-state index contributed by atoms with van der Waals surface area (Å²) in [6.45, 7) is 1.09. The number of nitrogens with one attached hydrogen (secondary N) is 1. The summed E-state index contributed by atoms with van der Waals surface area (Å²) in [5.41, 5.74) is 1.73. The van der Waals surface area contributed by atoms with Crippen LogP contribution in [0.25, 0.3) is 0 Å². The fourth-order valence-electron chi connectivity index (χ4n) is 1.94. The van der Waals surface area contributed by atoms with Crippen LogP contribution in [0.4, 0.5) is 8.78 Å². The lowest BCUT2D eigenvalue weighted by Crippen LogP contribution is -2.29. The molecule has 7 heteroatoms. The maximum Gasteiger partial charge on any atom is 0.333 e. The Morgan fingerprint density at radius 3 is 2.76 bits per heavy atom. The third-order valence-corrected chi connectivity index (χ3v) is 3.05. The fourth-order valence-corrected chi connectivity index (χ4v) is 1.94. The number of hydrogen-bond donors (Lipinski definition) is 1. The molecule has 21 heavy (non-hydrogen) atoms. The molecule has 0 aliphatic rings. The van der Waals surface area contributed by atoms with Crippen LogP contribution in [0.15, 0.2) is 30.6 Å². The van der Waals surface area contributed by atoms with E-state index in [-0.39, 0.29) is 11.7 Å².